The molecule has 0 saturated carbocycles. The van der Waals surface area contributed by atoms with Crippen LogP contribution >= 0.6 is 11.3 Å². The van der Waals surface area contributed by atoms with Crippen LogP contribution in [0.25, 0.3) is 10.2 Å². The number of hydrogen-bond acceptors (Lipinski definition) is 4. The number of amides is 1. The fourth-order valence-corrected chi connectivity index (χ4v) is 4.84. The monoisotopic (exact) mass is 398 g/mol. The molecule has 0 unspecified atom stereocenters. The van der Waals surface area contributed by atoms with Gasteiger partial charge in [-0.3, -0.25) is 4.79 Å². The number of hydrogen-bond donors (Lipinski definition) is 0. The third-order valence-electron chi connectivity index (χ3n) is 4.90. The van der Waals surface area contributed by atoms with Crippen molar-refractivity contribution < 1.29 is 14.3 Å². The molecular formula is C22H26N2O3S. The molecule has 0 N–H and O–H groups in total. The van der Waals surface area contributed by atoms with Crippen LogP contribution in [0.5, 0.6) is 11.5 Å². The van der Waals surface area contributed by atoms with Crippen LogP contribution in [-0.4, -0.2) is 24.7 Å². The number of ether oxygens (including phenoxy) is 2. The number of carbonyl (C=O) groups is 1. The molecule has 28 heavy (non-hydrogen) atoms. The summed E-state index contributed by atoms with van der Waals surface area (Å²) < 4.78 is 14.0. The maximum atomic E-state index is 12.8. The summed E-state index contributed by atoms with van der Waals surface area (Å²) in [5, 5.41) is 0. The second-order valence-corrected chi connectivity index (χ2v) is 7.81. The Hall–Kier alpha value is -2.60. The summed E-state index contributed by atoms with van der Waals surface area (Å²) in [4.78, 5) is 17.9. The summed E-state index contributed by atoms with van der Waals surface area (Å²) in [6.07, 6.45) is 0.296. The van der Waals surface area contributed by atoms with Crippen LogP contribution in [0, 0.1) is 20.8 Å². The lowest BCUT2D eigenvalue weighted by molar-refractivity contribution is -0.117. The van der Waals surface area contributed by atoms with E-state index in [0.717, 1.165) is 38.4 Å². The van der Waals surface area contributed by atoms with Crippen molar-refractivity contribution in [1.82, 2.24) is 4.57 Å². The topological polar surface area (TPSA) is 52.8 Å². The molecule has 2 aromatic carbocycles. The van der Waals surface area contributed by atoms with Gasteiger partial charge in [0, 0.05) is 6.54 Å². The molecule has 1 heterocycles. The SMILES string of the molecule is CCn1c(=NC(=O)Cc2c(C)cc(C)cc2C)sc2c(OC)ccc(OC)c21. The van der Waals surface area contributed by atoms with E-state index in [2.05, 4.69) is 24.0 Å². The molecule has 3 rings (SSSR count). The maximum absolute atomic E-state index is 12.8. The number of aryl methyl sites for hydroxylation is 4. The molecule has 6 heteroatoms. The lowest BCUT2D eigenvalue weighted by Crippen LogP contribution is -2.17. The molecule has 0 fully saturated rings. The zero-order valence-electron chi connectivity index (χ0n) is 17.3. The molecule has 0 bridgehead atoms. The van der Waals surface area contributed by atoms with Crippen molar-refractivity contribution in [1.29, 1.82) is 0 Å². The lowest BCUT2D eigenvalue weighted by atomic mass is 9.97. The van der Waals surface area contributed by atoms with Crippen molar-refractivity contribution in [2.75, 3.05) is 14.2 Å². The summed E-state index contributed by atoms with van der Waals surface area (Å²) in [5.74, 6) is 1.34. The van der Waals surface area contributed by atoms with Crippen molar-refractivity contribution in [2.45, 2.75) is 40.7 Å². The largest absolute Gasteiger partial charge is 0.495 e. The quantitative estimate of drug-likeness (QED) is 0.643. The molecule has 0 radical (unpaired) electrons. The van der Waals surface area contributed by atoms with E-state index in [9.17, 15) is 4.79 Å². The molecule has 0 aliphatic rings. The molecule has 3 aromatic rings. The number of nitrogens with zero attached hydrogens (tertiary/aromatic N) is 2. The summed E-state index contributed by atoms with van der Waals surface area (Å²) >= 11 is 1.45. The number of thiazole rings is 1. The smallest absolute Gasteiger partial charge is 0.252 e. The third-order valence-corrected chi connectivity index (χ3v) is 5.99. The van der Waals surface area contributed by atoms with Crippen molar-refractivity contribution in [3.05, 3.63) is 51.3 Å². The van der Waals surface area contributed by atoms with Crippen LogP contribution < -0.4 is 14.3 Å². The average molecular weight is 399 g/mol. The molecule has 0 saturated heterocycles. The van der Waals surface area contributed by atoms with E-state index in [1.54, 1.807) is 14.2 Å². The minimum absolute atomic E-state index is 0.151. The number of carbonyl (C=O) groups excluding carboxylic acids is 1. The van der Waals surface area contributed by atoms with Gasteiger partial charge in [0.15, 0.2) is 4.80 Å². The van der Waals surface area contributed by atoms with E-state index in [1.807, 2.05) is 37.5 Å². The Labute approximate surface area is 169 Å². The van der Waals surface area contributed by atoms with Gasteiger partial charge in [-0.15, -0.1) is 0 Å². The first-order chi connectivity index (χ1) is 13.4. The van der Waals surface area contributed by atoms with E-state index in [0.29, 0.717) is 17.8 Å². The first-order valence-electron chi connectivity index (χ1n) is 9.28. The normalized spacial score (nSPS) is 11.9. The Morgan fingerprint density at radius 1 is 1.07 bits per heavy atom. The van der Waals surface area contributed by atoms with E-state index < -0.39 is 0 Å². The highest BCUT2D eigenvalue weighted by molar-refractivity contribution is 7.16. The highest BCUT2D eigenvalue weighted by Gasteiger charge is 2.16. The Kier molecular flexibility index (Phi) is 5.89. The van der Waals surface area contributed by atoms with E-state index in [1.165, 1.54) is 16.9 Å². The summed E-state index contributed by atoms with van der Waals surface area (Å²) in [7, 11) is 3.28. The van der Waals surface area contributed by atoms with Crippen LogP contribution in [-0.2, 0) is 17.8 Å². The van der Waals surface area contributed by atoms with Gasteiger partial charge in [-0.2, -0.15) is 4.99 Å². The molecule has 0 aliphatic heterocycles. The van der Waals surface area contributed by atoms with Gasteiger partial charge in [-0.25, -0.2) is 0 Å². The predicted molar refractivity (Wildman–Crippen MR) is 114 cm³/mol. The Morgan fingerprint density at radius 2 is 1.68 bits per heavy atom. The van der Waals surface area contributed by atoms with Crippen LogP contribution in [0.4, 0.5) is 0 Å². The zero-order chi connectivity index (χ0) is 20.4. The number of methoxy groups -OCH3 is 2. The summed E-state index contributed by atoms with van der Waals surface area (Å²) in [6.45, 7) is 8.87. The predicted octanol–water partition coefficient (Wildman–Crippen LogP) is 4.34. The van der Waals surface area contributed by atoms with Crippen molar-refractivity contribution in [3.8, 4) is 11.5 Å². The fourth-order valence-electron chi connectivity index (χ4n) is 3.62. The Morgan fingerprint density at radius 3 is 2.25 bits per heavy atom. The third kappa shape index (κ3) is 3.69. The zero-order valence-corrected chi connectivity index (χ0v) is 18.1. The van der Waals surface area contributed by atoms with Crippen LogP contribution in [0.3, 0.4) is 0 Å². The van der Waals surface area contributed by atoms with Gasteiger partial charge in [-0.05, 0) is 56.5 Å². The van der Waals surface area contributed by atoms with Gasteiger partial charge in [0.2, 0.25) is 0 Å². The van der Waals surface area contributed by atoms with Gasteiger partial charge in [-0.1, -0.05) is 29.0 Å². The van der Waals surface area contributed by atoms with Gasteiger partial charge >= 0.3 is 0 Å². The van der Waals surface area contributed by atoms with Crippen molar-refractivity contribution >= 4 is 27.5 Å². The first-order valence-corrected chi connectivity index (χ1v) is 10.1. The summed E-state index contributed by atoms with van der Waals surface area (Å²) in [5.41, 5.74) is 5.42. The number of rotatable bonds is 5. The molecule has 5 nitrogen and oxygen atoms in total. The van der Waals surface area contributed by atoms with E-state index in [-0.39, 0.29) is 5.91 Å². The van der Waals surface area contributed by atoms with Crippen molar-refractivity contribution in [3.63, 3.8) is 0 Å². The minimum atomic E-state index is -0.151. The standard InChI is InChI=1S/C22H26N2O3S/c1-7-24-20-17(26-5)8-9-18(27-6)21(20)28-22(24)23-19(25)12-16-14(3)10-13(2)11-15(16)4/h8-11H,7,12H2,1-6H3. The molecule has 0 atom stereocenters. The van der Waals surface area contributed by atoms with Crippen LogP contribution in [0.15, 0.2) is 29.3 Å². The molecular weight excluding hydrogens is 372 g/mol. The molecule has 1 amide bonds. The molecule has 148 valence electrons. The average Bonchev–Trinajstić information content (AvgIpc) is 3.01. The van der Waals surface area contributed by atoms with Crippen LogP contribution in [0.2, 0.25) is 0 Å². The van der Waals surface area contributed by atoms with Gasteiger partial charge in [0.25, 0.3) is 5.91 Å². The second-order valence-electron chi connectivity index (χ2n) is 6.84. The highest BCUT2D eigenvalue weighted by atomic mass is 32.1. The van der Waals surface area contributed by atoms with E-state index in [4.69, 9.17) is 9.47 Å². The number of fused-ring (bicyclic) bond motifs is 1. The van der Waals surface area contributed by atoms with Crippen molar-refractivity contribution in [2.24, 2.45) is 4.99 Å². The molecule has 0 aliphatic carbocycles. The molecule has 1 aromatic heterocycles. The van der Waals surface area contributed by atoms with Gasteiger partial charge in [0.05, 0.1) is 20.6 Å². The van der Waals surface area contributed by atoms with Gasteiger partial charge in [0.1, 0.15) is 21.7 Å². The van der Waals surface area contributed by atoms with E-state index >= 15 is 0 Å². The Balaban J connectivity index is 2.10. The maximum Gasteiger partial charge on any atom is 0.252 e. The summed E-state index contributed by atoms with van der Waals surface area (Å²) in [6, 6.07) is 7.97. The molecule has 0 spiro atoms. The Bertz CT molecular complexity index is 1090. The number of aromatic nitrogens is 1. The number of benzene rings is 2. The van der Waals surface area contributed by atoms with Crippen LogP contribution in [0.1, 0.15) is 29.2 Å². The fraction of sp³-hybridized carbons (Fsp3) is 0.364. The minimum Gasteiger partial charge on any atom is -0.495 e. The van der Waals surface area contributed by atoms with Gasteiger partial charge < -0.3 is 14.0 Å². The lowest BCUT2D eigenvalue weighted by Gasteiger charge is -2.09. The second kappa shape index (κ2) is 8.19. The first kappa shape index (κ1) is 20.1. The highest BCUT2D eigenvalue weighted by Crippen LogP contribution is 2.35.